The van der Waals surface area contributed by atoms with E-state index in [1.165, 1.54) is 5.01 Å². The molecule has 146 valence electrons. The van der Waals surface area contributed by atoms with Gasteiger partial charge in [-0.3, -0.25) is 9.59 Å². The number of rotatable bonds is 6. The molecule has 1 aliphatic rings. The van der Waals surface area contributed by atoms with Gasteiger partial charge in [0.1, 0.15) is 5.41 Å². The SMILES string of the molecule is CCC(CC)(C(=O)O)C(=O)N1N=C(c2ccccc2)CCC1c1ccccc1. The van der Waals surface area contributed by atoms with E-state index >= 15 is 0 Å². The van der Waals surface area contributed by atoms with Crippen molar-refractivity contribution in [1.29, 1.82) is 0 Å². The van der Waals surface area contributed by atoms with Crippen molar-refractivity contribution < 1.29 is 14.7 Å². The molecule has 2 aromatic carbocycles. The standard InChI is InChI=1S/C23H26N2O3/c1-3-23(4-2,22(27)28)21(26)25-20(18-13-9-6-10-14-18)16-15-19(24-25)17-11-7-5-8-12-17/h5-14,20H,3-4,15-16H2,1-2H3,(H,27,28). The van der Waals surface area contributed by atoms with Crippen molar-refractivity contribution >= 4 is 17.6 Å². The Hall–Kier alpha value is -2.95. The highest BCUT2D eigenvalue weighted by Crippen LogP contribution is 2.38. The minimum absolute atomic E-state index is 0.228. The molecule has 0 aliphatic carbocycles. The van der Waals surface area contributed by atoms with Crippen LogP contribution >= 0.6 is 0 Å². The monoisotopic (exact) mass is 378 g/mol. The summed E-state index contributed by atoms with van der Waals surface area (Å²) in [4.78, 5) is 25.6. The fourth-order valence-electron chi connectivity index (χ4n) is 3.81. The van der Waals surface area contributed by atoms with Gasteiger partial charge < -0.3 is 5.11 Å². The number of carboxylic acids is 1. The van der Waals surface area contributed by atoms with Gasteiger partial charge in [-0.15, -0.1) is 0 Å². The molecule has 1 amide bonds. The summed E-state index contributed by atoms with van der Waals surface area (Å²) in [5.41, 5.74) is 1.28. The van der Waals surface area contributed by atoms with Crippen molar-refractivity contribution in [1.82, 2.24) is 5.01 Å². The number of carboxylic acid groups (broad SMARTS) is 1. The van der Waals surface area contributed by atoms with E-state index < -0.39 is 17.3 Å². The predicted octanol–water partition coefficient (Wildman–Crippen LogP) is 4.65. The summed E-state index contributed by atoms with van der Waals surface area (Å²) < 4.78 is 0. The van der Waals surface area contributed by atoms with Gasteiger partial charge in [0, 0.05) is 0 Å². The van der Waals surface area contributed by atoms with Gasteiger partial charge in [-0.25, -0.2) is 5.01 Å². The number of hydrogen-bond acceptors (Lipinski definition) is 3. The summed E-state index contributed by atoms with van der Waals surface area (Å²) in [6.07, 6.45) is 1.88. The summed E-state index contributed by atoms with van der Waals surface area (Å²) >= 11 is 0. The highest BCUT2D eigenvalue weighted by Gasteiger charge is 2.48. The molecule has 1 unspecified atom stereocenters. The van der Waals surface area contributed by atoms with Crippen molar-refractivity contribution in [2.75, 3.05) is 0 Å². The molecule has 28 heavy (non-hydrogen) atoms. The lowest BCUT2D eigenvalue weighted by Crippen LogP contribution is -2.48. The minimum Gasteiger partial charge on any atom is -0.480 e. The van der Waals surface area contributed by atoms with Crippen LogP contribution in [0.1, 0.15) is 56.7 Å². The maximum Gasteiger partial charge on any atom is 0.319 e. The summed E-state index contributed by atoms with van der Waals surface area (Å²) in [6.45, 7) is 3.50. The fourth-order valence-corrected chi connectivity index (χ4v) is 3.81. The number of hydrogen-bond donors (Lipinski definition) is 1. The molecule has 0 saturated heterocycles. The maximum absolute atomic E-state index is 13.5. The zero-order valence-corrected chi connectivity index (χ0v) is 16.3. The Morgan fingerprint density at radius 2 is 1.61 bits per heavy atom. The summed E-state index contributed by atoms with van der Waals surface area (Å²) in [5.74, 6) is -1.52. The fraction of sp³-hybridized carbons (Fsp3) is 0.348. The third-order valence-electron chi connectivity index (χ3n) is 5.70. The van der Waals surface area contributed by atoms with Crippen LogP contribution in [0, 0.1) is 5.41 Å². The van der Waals surface area contributed by atoms with Crippen molar-refractivity contribution in [3.63, 3.8) is 0 Å². The minimum atomic E-state index is -1.46. The molecule has 5 nitrogen and oxygen atoms in total. The predicted molar refractivity (Wildman–Crippen MR) is 109 cm³/mol. The lowest BCUT2D eigenvalue weighted by atomic mass is 9.80. The molecule has 0 saturated carbocycles. The topological polar surface area (TPSA) is 70.0 Å². The third-order valence-corrected chi connectivity index (χ3v) is 5.70. The highest BCUT2D eigenvalue weighted by molar-refractivity contribution is 6.05. The lowest BCUT2D eigenvalue weighted by Gasteiger charge is -2.38. The van der Waals surface area contributed by atoms with E-state index in [-0.39, 0.29) is 18.9 Å². The van der Waals surface area contributed by atoms with E-state index in [0.717, 1.165) is 23.3 Å². The molecule has 0 bridgehead atoms. The first kappa shape index (κ1) is 19.8. The molecule has 5 heteroatoms. The first-order valence-corrected chi connectivity index (χ1v) is 9.78. The Bertz CT molecular complexity index is 858. The summed E-state index contributed by atoms with van der Waals surface area (Å²) in [6, 6.07) is 19.2. The molecule has 0 radical (unpaired) electrons. The van der Waals surface area contributed by atoms with Crippen molar-refractivity contribution in [2.24, 2.45) is 10.5 Å². The van der Waals surface area contributed by atoms with Gasteiger partial charge in [0.05, 0.1) is 11.8 Å². The number of benzene rings is 2. The van der Waals surface area contributed by atoms with Crippen LogP contribution in [-0.4, -0.2) is 27.7 Å². The Morgan fingerprint density at radius 1 is 1.04 bits per heavy atom. The zero-order chi connectivity index (χ0) is 20.1. The molecular formula is C23H26N2O3. The van der Waals surface area contributed by atoms with Gasteiger partial charge in [0.2, 0.25) is 0 Å². The molecule has 0 fully saturated rings. The van der Waals surface area contributed by atoms with Crippen LogP contribution in [0.4, 0.5) is 0 Å². The van der Waals surface area contributed by atoms with Crippen molar-refractivity contribution in [3.8, 4) is 0 Å². The smallest absolute Gasteiger partial charge is 0.319 e. The average molecular weight is 378 g/mol. The van der Waals surface area contributed by atoms with Crippen LogP contribution in [0.3, 0.4) is 0 Å². The van der Waals surface area contributed by atoms with E-state index in [1.54, 1.807) is 13.8 Å². The second-order valence-corrected chi connectivity index (χ2v) is 7.12. The Labute approximate surface area is 165 Å². The van der Waals surface area contributed by atoms with E-state index in [2.05, 4.69) is 0 Å². The normalized spacial score (nSPS) is 17.1. The third kappa shape index (κ3) is 3.57. The number of amides is 1. The molecule has 1 heterocycles. The van der Waals surface area contributed by atoms with Crippen LogP contribution in [0.2, 0.25) is 0 Å². The number of carbonyl (C=O) groups excluding carboxylic acids is 1. The highest BCUT2D eigenvalue weighted by atomic mass is 16.4. The maximum atomic E-state index is 13.5. The largest absolute Gasteiger partial charge is 0.480 e. The Morgan fingerprint density at radius 3 is 2.14 bits per heavy atom. The van der Waals surface area contributed by atoms with E-state index in [0.29, 0.717) is 6.42 Å². The van der Waals surface area contributed by atoms with Gasteiger partial charge in [-0.05, 0) is 36.8 Å². The van der Waals surface area contributed by atoms with Gasteiger partial charge in [-0.1, -0.05) is 74.5 Å². The second-order valence-electron chi connectivity index (χ2n) is 7.12. The van der Waals surface area contributed by atoms with Crippen LogP contribution in [-0.2, 0) is 9.59 Å². The first-order chi connectivity index (χ1) is 13.5. The second kappa shape index (κ2) is 8.38. The molecule has 1 aliphatic heterocycles. The molecule has 0 aromatic heterocycles. The van der Waals surface area contributed by atoms with Gasteiger partial charge in [-0.2, -0.15) is 5.10 Å². The molecular weight excluding hydrogens is 352 g/mol. The average Bonchev–Trinajstić information content (AvgIpc) is 2.75. The molecule has 1 N–H and O–H groups in total. The van der Waals surface area contributed by atoms with Crippen molar-refractivity contribution in [2.45, 2.75) is 45.6 Å². The Kier molecular flexibility index (Phi) is 5.93. The molecule has 0 spiro atoms. The number of nitrogens with zero attached hydrogens (tertiary/aromatic N) is 2. The number of hydrazone groups is 1. The van der Waals surface area contributed by atoms with E-state index in [1.807, 2.05) is 60.7 Å². The van der Waals surface area contributed by atoms with E-state index in [4.69, 9.17) is 5.10 Å². The quantitative estimate of drug-likeness (QED) is 0.744. The van der Waals surface area contributed by atoms with Gasteiger partial charge in [0.25, 0.3) is 5.91 Å². The van der Waals surface area contributed by atoms with Crippen molar-refractivity contribution in [3.05, 3.63) is 71.8 Å². The molecule has 3 rings (SSSR count). The van der Waals surface area contributed by atoms with E-state index in [9.17, 15) is 14.7 Å². The zero-order valence-electron chi connectivity index (χ0n) is 16.3. The molecule has 1 atom stereocenters. The Balaban J connectivity index is 2.08. The number of carbonyl (C=O) groups is 2. The van der Waals surface area contributed by atoms with Crippen LogP contribution in [0.5, 0.6) is 0 Å². The molecule has 2 aromatic rings. The van der Waals surface area contributed by atoms with Gasteiger partial charge in [0.15, 0.2) is 0 Å². The lowest BCUT2D eigenvalue weighted by molar-refractivity contribution is -0.163. The summed E-state index contributed by atoms with van der Waals surface area (Å²) in [7, 11) is 0. The van der Waals surface area contributed by atoms with Crippen LogP contribution in [0.15, 0.2) is 65.8 Å². The first-order valence-electron chi connectivity index (χ1n) is 9.78. The summed E-state index contributed by atoms with van der Waals surface area (Å²) in [5, 5.41) is 16.0. The van der Waals surface area contributed by atoms with Crippen LogP contribution in [0.25, 0.3) is 0 Å². The van der Waals surface area contributed by atoms with Crippen LogP contribution < -0.4 is 0 Å². The number of aliphatic carboxylic acids is 1. The van der Waals surface area contributed by atoms with Gasteiger partial charge >= 0.3 is 5.97 Å².